The van der Waals surface area contributed by atoms with Crippen LogP contribution in [0.1, 0.15) is 0 Å². The van der Waals surface area contributed by atoms with Crippen LogP contribution in [0, 0.1) is 0 Å². The first-order valence-corrected chi connectivity index (χ1v) is 33.1. The molecule has 0 saturated carbocycles. The summed E-state index contributed by atoms with van der Waals surface area (Å²) in [6, 6.07) is 114. The normalized spacial score (nSPS) is 12.0. The Labute approximate surface area is 529 Å². The Kier molecular flexibility index (Phi) is 11.6. The van der Waals surface area contributed by atoms with Crippen LogP contribution in [0.2, 0.25) is 0 Å². The molecule has 0 N–H and O–H groups in total. The monoisotopic (exact) mass is 1200 g/mol. The van der Waals surface area contributed by atoms with Crippen molar-refractivity contribution in [2.45, 2.75) is 0 Å². The minimum Gasteiger partial charge on any atom is -0.309 e. The second-order valence-electron chi connectivity index (χ2n) is 23.5. The lowest BCUT2D eigenvalue weighted by molar-refractivity contribution is 1.13. The second-order valence-corrected chi connectivity index (χ2v) is 26.7. The lowest BCUT2D eigenvalue weighted by atomic mass is 9.95. The van der Waals surface area contributed by atoms with Crippen molar-refractivity contribution < 1.29 is 0 Å². The van der Waals surface area contributed by atoms with Gasteiger partial charge >= 0.3 is 0 Å². The second kappa shape index (κ2) is 20.4. The first-order valence-electron chi connectivity index (χ1n) is 30.6. The summed E-state index contributed by atoms with van der Waals surface area (Å²) in [5.41, 5.74) is 18.3. The van der Waals surface area contributed by atoms with Gasteiger partial charge in [-0.15, -0.1) is 34.0 Å². The first-order chi connectivity index (χ1) is 44.6. The maximum atomic E-state index is 2.43. The maximum absolute atomic E-state index is 2.43. The van der Waals surface area contributed by atoms with E-state index in [0.29, 0.717) is 0 Å². The molecule has 6 heterocycles. The lowest BCUT2D eigenvalue weighted by Crippen LogP contribution is -1.98. The molecule has 6 heteroatoms. The van der Waals surface area contributed by atoms with Crippen LogP contribution in [0.25, 0.3) is 176 Å². The third kappa shape index (κ3) is 7.95. The van der Waals surface area contributed by atoms with Crippen molar-refractivity contribution in [2.75, 3.05) is 0 Å². The fourth-order valence-corrected chi connectivity index (χ4v) is 17.8. The van der Waals surface area contributed by atoms with Crippen LogP contribution in [0.3, 0.4) is 0 Å². The molecule has 0 bridgehead atoms. The number of thiophene rings is 3. The summed E-state index contributed by atoms with van der Waals surface area (Å²) in [5, 5.41) is 15.6. The van der Waals surface area contributed by atoms with Gasteiger partial charge in [0.15, 0.2) is 0 Å². The van der Waals surface area contributed by atoms with Crippen LogP contribution < -0.4 is 0 Å². The highest BCUT2D eigenvalue weighted by Crippen LogP contribution is 2.46. The van der Waals surface area contributed by atoms with Crippen molar-refractivity contribution >= 4 is 160 Å². The summed E-state index contributed by atoms with van der Waals surface area (Å²) in [4.78, 5) is 0. The summed E-state index contributed by atoms with van der Waals surface area (Å²) in [6.07, 6.45) is 0. The topological polar surface area (TPSA) is 14.8 Å². The highest BCUT2D eigenvalue weighted by atomic mass is 32.1. The van der Waals surface area contributed by atoms with Crippen LogP contribution in [-0.4, -0.2) is 13.7 Å². The molecule has 0 aliphatic rings. The Bertz CT molecular complexity index is 6050. The van der Waals surface area contributed by atoms with Crippen molar-refractivity contribution in [3.63, 3.8) is 0 Å². The predicted molar refractivity (Wildman–Crippen MR) is 391 cm³/mol. The van der Waals surface area contributed by atoms with E-state index >= 15 is 0 Å². The van der Waals surface area contributed by atoms with E-state index in [2.05, 4.69) is 323 Å². The number of para-hydroxylation sites is 4. The van der Waals surface area contributed by atoms with Gasteiger partial charge in [0, 0.05) is 110 Å². The smallest absolute Gasteiger partial charge is 0.0547 e. The molecule has 0 aliphatic carbocycles. The van der Waals surface area contributed by atoms with E-state index in [1.807, 2.05) is 34.0 Å². The molecule has 0 aliphatic heterocycles. The average Bonchev–Trinajstić information content (AvgIpc) is 1.62. The average molecular weight is 1200 g/mol. The van der Waals surface area contributed by atoms with Crippen molar-refractivity contribution in [3.8, 4) is 50.4 Å². The molecule has 0 unspecified atom stereocenters. The van der Waals surface area contributed by atoms with Gasteiger partial charge in [-0.3, -0.25) is 0 Å². The van der Waals surface area contributed by atoms with Crippen LogP contribution in [0.15, 0.2) is 309 Å². The summed E-state index contributed by atoms with van der Waals surface area (Å²) < 4.78 is 15.3. The minimum atomic E-state index is 1.14. The fraction of sp³-hybridized carbons (Fsp3) is 0. The molecular weight excluding hydrogens is 1150 g/mol. The first kappa shape index (κ1) is 51.2. The van der Waals surface area contributed by atoms with Gasteiger partial charge in [-0.1, -0.05) is 182 Å². The molecule has 0 fully saturated rings. The molecule has 6 aromatic heterocycles. The van der Waals surface area contributed by atoms with E-state index in [1.165, 1.54) is 165 Å². The van der Waals surface area contributed by atoms with Gasteiger partial charge in [0.25, 0.3) is 0 Å². The number of hydrogen-bond acceptors (Lipinski definition) is 3. The van der Waals surface area contributed by atoms with Crippen molar-refractivity contribution in [1.82, 2.24) is 13.7 Å². The Morgan fingerprint density at radius 1 is 0.178 bits per heavy atom. The largest absolute Gasteiger partial charge is 0.309 e. The molecule has 90 heavy (non-hydrogen) atoms. The number of hydrogen-bond donors (Lipinski definition) is 0. The van der Waals surface area contributed by atoms with E-state index in [1.54, 1.807) is 0 Å². The van der Waals surface area contributed by atoms with Gasteiger partial charge < -0.3 is 13.7 Å². The standard InChI is InChI=1S/C54H32N2S2.C30H19NS/c1-5-16-47-39(12-1)43-28-33(35-22-26-53-45(30-35)41-14-3-7-18-51(41)57-53)20-24-49(43)55(47)37-10-9-11-38(32-37)56-48-17-6-2-13-40(48)44-29-34(21-25-50(44)56)36-23-27-54-46(31-36)42-15-4-8-19-52(42)58-54;1-2-10-20(11-3-1)31-25-16-6-4-12-23(25)29-21(14-8-17-26(29)31)22-15-9-19-28-30(22)24-13-5-7-18-27(24)32-28/h1-32H;1-19H. The minimum absolute atomic E-state index is 1.14. The van der Waals surface area contributed by atoms with Crippen LogP contribution in [-0.2, 0) is 0 Å². The van der Waals surface area contributed by atoms with Crippen LogP contribution in [0.5, 0.6) is 0 Å². The van der Waals surface area contributed by atoms with Crippen molar-refractivity contribution in [3.05, 3.63) is 309 Å². The van der Waals surface area contributed by atoms with E-state index in [-0.39, 0.29) is 0 Å². The van der Waals surface area contributed by atoms with E-state index in [4.69, 9.17) is 0 Å². The molecule has 0 radical (unpaired) electrons. The summed E-state index contributed by atoms with van der Waals surface area (Å²) in [6.45, 7) is 0. The predicted octanol–water partition coefficient (Wildman–Crippen LogP) is 24.8. The molecule has 3 nitrogen and oxygen atoms in total. The van der Waals surface area contributed by atoms with Crippen molar-refractivity contribution in [2.24, 2.45) is 0 Å². The summed E-state index contributed by atoms with van der Waals surface area (Å²) in [7, 11) is 0. The van der Waals surface area contributed by atoms with Crippen molar-refractivity contribution in [1.29, 1.82) is 0 Å². The van der Waals surface area contributed by atoms with E-state index in [9.17, 15) is 0 Å². The number of nitrogens with zero attached hydrogens (tertiary/aromatic N) is 3. The number of fused-ring (bicyclic) bond motifs is 18. The highest BCUT2D eigenvalue weighted by molar-refractivity contribution is 7.26. The molecule has 20 aromatic rings. The van der Waals surface area contributed by atoms with Gasteiger partial charge in [0.05, 0.1) is 33.1 Å². The number of benzene rings is 14. The van der Waals surface area contributed by atoms with E-state index < -0.39 is 0 Å². The molecule has 0 saturated heterocycles. The Hall–Kier alpha value is -10.9. The number of rotatable bonds is 6. The molecule has 14 aromatic carbocycles. The number of aromatic nitrogens is 3. The van der Waals surface area contributed by atoms with Gasteiger partial charge in [0.2, 0.25) is 0 Å². The summed E-state index contributed by atoms with van der Waals surface area (Å²) in [5.74, 6) is 0. The van der Waals surface area contributed by atoms with Crippen LogP contribution >= 0.6 is 34.0 Å². The molecular formula is C84H51N3S3. The van der Waals surface area contributed by atoms with Gasteiger partial charge in [-0.25, -0.2) is 0 Å². The molecule has 20 rings (SSSR count). The zero-order valence-corrected chi connectivity index (χ0v) is 51.0. The molecule has 0 spiro atoms. The van der Waals surface area contributed by atoms with Crippen LogP contribution in [0.4, 0.5) is 0 Å². The highest BCUT2D eigenvalue weighted by Gasteiger charge is 2.21. The lowest BCUT2D eigenvalue weighted by Gasteiger charge is -2.13. The fourth-order valence-electron chi connectivity index (χ4n) is 14.5. The zero-order chi connectivity index (χ0) is 59.0. The Morgan fingerprint density at radius 3 is 1.09 bits per heavy atom. The van der Waals surface area contributed by atoms with Gasteiger partial charge in [-0.05, 0) is 161 Å². The maximum Gasteiger partial charge on any atom is 0.0547 e. The quantitative estimate of drug-likeness (QED) is 0.158. The molecule has 0 atom stereocenters. The zero-order valence-electron chi connectivity index (χ0n) is 48.5. The Balaban J connectivity index is 0.000000154. The van der Waals surface area contributed by atoms with E-state index in [0.717, 1.165) is 11.4 Å². The van der Waals surface area contributed by atoms with Gasteiger partial charge in [-0.2, -0.15) is 0 Å². The third-order valence-corrected chi connectivity index (χ3v) is 22.0. The van der Waals surface area contributed by atoms with Gasteiger partial charge in [0.1, 0.15) is 0 Å². The molecule has 420 valence electrons. The SMILES string of the molecule is c1cc(-n2c3ccccc3c3cc(-c4ccc5sc6ccccc6c5c4)ccc32)cc(-n2c3ccccc3c3cc(-c4ccc5sc6ccccc6c5c4)ccc32)c1.c1ccc(-n2c3ccccc3c3c(-c4cccc5sc6ccccc6c45)cccc32)cc1. The Morgan fingerprint density at radius 2 is 0.522 bits per heavy atom. The summed E-state index contributed by atoms with van der Waals surface area (Å²) >= 11 is 5.61. The molecule has 0 amide bonds. The third-order valence-electron chi connectivity index (χ3n) is 18.5.